The van der Waals surface area contributed by atoms with Crippen molar-refractivity contribution in [3.8, 4) is 0 Å². The molecule has 0 N–H and O–H groups in total. The Balaban J connectivity index is 2.32. The Labute approximate surface area is 103 Å². The molecule has 1 heterocycles. The monoisotopic (exact) mass is 323 g/mol. The zero-order valence-electron chi connectivity index (χ0n) is 8.83. The molecule has 1 fully saturated rings. The molecule has 2 rings (SSSR count). The van der Waals surface area contributed by atoms with E-state index in [0.29, 0.717) is 16.2 Å². The van der Waals surface area contributed by atoms with E-state index in [1.165, 1.54) is 7.11 Å². The minimum absolute atomic E-state index is 0.107. The van der Waals surface area contributed by atoms with Crippen LogP contribution in [-0.4, -0.2) is 34.5 Å². The minimum Gasteiger partial charge on any atom is -0.477 e. The first-order chi connectivity index (χ1) is 7.07. The van der Waals surface area contributed by atoms with Crippen LogP contribution >= 0.6 is 22.6 Å². The number of rotatable bonds is 1. The van der Waals surface area contributed by atoms with Gasteiger partial charge in [-0.2, -0.15) is 0 Å². The molecule has 15 heavy (non-hydrogen) atoms. The number of fused-ring (bicyclic) bond motifs is 2. The molecule has 0 radical (unpaired) electrons. The maximum Gasteiger partial charge on any atom is 0.334 e. The highest BCUT2D eigenvalue weighted by molar-refractivity contribution is 14.1. The molecule has 2 aliphatic rings. The summed E-state index contributed by atoms with van der Waals surface area (Å²) in [4.78, 5) is 16.1. The van der Waals surface area contributed by atoms with Gasteiger partial charge >= 0.3 is 5.97 Å². The average Bonchev–Trinajstić information content (AvgIpc) is 2.22. The molecule has 84 valence electrons. The summed E-state index contributed by atoms with van der Waals surface area (Å²) in [6.45, 7) is 1.80. The molecular formula is C10H14INO3. The van der Waals surface area contributed by atoms with Crippen LogP contribution < -0.4 is 0 Å². The van der Waals surface area contributed by atoms with E-state index in [2.05, 4.69) is 27.6 Å². The van der Waals surface area contributed by atoms with Crippen molar-refractivity contribution in [1.29, 1.82) is 0 Å². The number of nitrogens with zero attached hydrogens (tertiary/aromatic N) is 1. The smallest absolute Gasteiger partial charge is 0.334 e. The Morgan fingerprint density at radius 1 is 1.73 bits per heavy atom. The first-order valence-corrected chi connectivity index (χ1v) is 6.27. The third-order valence-corrected chi connectivity index (χ3v) is 4.46. The molecular weight excluding hydrogens is 309 g/mol. The highest BCUT2D eigenvalue weighted by Crippen LogP contribution is 2.40. The summed E-state index contributed by atoms with van der Waals surface area (Å²) in [6, 6.07) is 0. The molecule has 0 aromatic carbocycles. The number of methoxy groups -OCH3 is 1. The van der Waals surface area contributed by atoms with Crippen LogP contribution in [0.1, 0.15) is 26.2 Å². The maximum atomic E-state index is 11.8. The number of halogens is 1. The number of hydrogen-bond donors (Lipinski definition) is 0. The lowest BCUT2D eigenvalue weighted by molar-refractivity contribution is -0.150. The predicted molar refractivity (Wildman–Crippen MR) is 64.4 cm³/mol. The van der Waals surface area contributed by atoms with Gasteiger partial charge in [-0.1, -0.05) is 22.6 Å². The largest absolute Gasteiger partial charge is 0.477 e. The lowest BCUT2D eigenvalue weighted by Crippen LogP contribution is -2.52. The summed E-state index contributed by atoms with van der Waals surface area (Å²) in [6.07, 6.45) is 2.49. The topological polar surface area (TPSA) is 47.9 Å². The molecule has 5 heteroatoms. The van der Waals surface area contributed by atoms with E-state index in [4.69, 9.17) is 9.47 Å². The van der Waals surface area contributed by atoms with E-state index in [1.807, 2.05) is 0 Å². The Morgan fingerprint density at radius 2 is 2.47 bits per heavy atom. The lowest BCUT2D eigenvalue weighted by Gasteiger charge is -2.42. The second-order valence-corrected chi connectivity index (χ2v) is 5.67. The van der Waals surface area contributed by atoms with E-state index in [0.717, 1.165) is 12.8 Å². The van der Waals surface area contributed by atoms with Crippen molar-refractivity contribution in [3.05, 3.63) is 0 Å². The maximum absolute atomic E-state index is 11.8. The van der Waals surface area contributed by atoms with Crippen LogP contribution in [0.3, 0.4) is 0 Å². The van der Waals surface area contributed by atoms with Gasteiger partial charge in [-0.3, -0.25) is 0 Å². The highest BCUT2D eigenvalue weighted by atomic mass is 127. The first kappa shape index (κ1) is 11.2. The third kappa shape index (κ3) is 1.86. The fourth-order valence-corrected chi connectivity index (χ4v) is 3.02. The number of aliphatic imine (C=N–C) groups is 1. The van der Waals surface area contributed by atoms with Crippen molar-refractivity contribution < 1.29 is 14.3 Å². The summed E-state index contributed by atoms with van der Waals surface area (Å²) in [5.41, 5.74) is -0.663. The van der Waals surface area contributed by atoms with Gasteiger partial charge in [0.2, 0.25) is 0 Å². The first-order valence-electron chi connectivity index (χ1n) is 5.03. The fraction of sp³-hybridized carbons (Fsp3) is 0.800. The lowest BCUT2D eigenvalue weighted by atomic mass is 9.79. The van der Waals surface area contributed by atoms with Gasteiger partial charge in [-0.15, -0.1) is 0 Å². The van der Waals surface area contributed by atoms with Gasteiger partial charge in [0.05, 0.1) is 7.11 Å². The SMILES string of the molecule is COC(=O)[C@@]12CC[C@@H](I)[C@@H](C1)OC(C)=N2. The molecule has 2 bridgehead atoms. The standard InChI is InChI=1S/C10H14INO3/c1-6-12-10(9(13)14-2)4-3-7(11)8(5-10)15-6/h7-8H,3-5H2,1-2H3/t7-,8-,10-/m1/s1. The van der Waals surface area contributed by atoms with Crippen molar-refractivity contribution >= 4 is 34.5 Å². The molecule has 0 spiro atoms. The van der Waals surface area contributed by atoms with E-state index in [1.54, 1.807) is 6.92 Å². The van der Waals surface area contributed by atoms with Crippen LogP contribution in [0.5, 0.6) is 0 Å². The van der Waals surface area contributed by atoms with Crippen molar-refractivity contribution in [1.82, 2.24) is 0 Å². The second-order valence-electron chi connectivity index (χ2n) is 4.07. The van der Waals surface area contributed by atoms with Crippen LogP contribution in [-0.2, 0) is 14.3 Å². The summed E-state index contributed by atoms with van der Waals surface area (Å²) < 4.78 is 10.9. The number of carbonyl (C=O) groups excluding carboxylic acids is 1. The van der Waals surface area contributed by atoms with Crippen molar-refractivity contribution in [2.75, 3.05) is 7.11 Å². The Hall–Kier alpha value is -0.330. The van der Waals surface area contributed by atoms with Crippen molar-refractivity contribution in [2.24, 2.45) is 4.99 Å². The molecule has 1 aliphatic carbocycles. The third-order valence-electron chi connectivity index (χ3n) is 3.03. The summed E-state index contributed by atoms with van der Waals surface area (Å²) >= 11 is 2.38. The zero-order chi connectivity index (χ0) is 11.1. The van der Waals surface area contributed by atoms with E-state index in [9.17, 15) is 4.79 Å². The average molecular weight is 323 g/mol. The quantitative estimate of drug-likeness (QED) is 0.419. The van der Waals surface area contributed by atoms with E-state index >= 15 is 0 Å². The van der Waals surface area contributed by atoms with Gasteiger partial charge < -0.3 is 9.47 Å². The van der Waals surface area contributed by atoms with Crippen LogP contribution in [0, 0.1) is 0 Å². The molecule has 0 saturated heterocycles. The van der Waals surface area contributed by atoms with Gasteiger partial charge in [0.1, 0.15) is 6.10 Å². The highest BCUT2D eigenvalue weighted by Gasteiger charge is 2.50. The minimum atomic E-state index is -0.663. The van der Waals surface area contributed by atoms with Gasteiger partial charge in [-0.05, 0) is 12.8 Å². The molecule has 4 nitrogen and oxygen atoms in total. The van der Waals surface area contributed by atoms with Crippen molar-refractivity contribution in [3.63, 3.8) is 0 Å². The van der Waals surface area contributed by atoms with Crippen LogP contribution in [0.25, 0.3) is 0 Å². The molecule has 0 amide bonds. The predicted octanol–water partition coefficient (Wildman–Crippen LogP) is 1.70. The van der Waals surface area contributed by atoms with Crippen LogP contribution in [0.15, 0.2) is 4.99 Å². The van der Waals surface area contributed by atoms with E-state index < -0.39 is 5.54 Å². The Kier molecular flexibility index (Phi) is 2.92. The fourth-order valence-electron chi connectivity index (χ4n) is 2.31. The normalized spacial score (nSPS) is 39.0. The summed E-state index contributed by atoms with van der Waals surface area (Å²) in [5.74, 6) is 0.386. The summed E-state index contributed by atoms with van der Waals surface area (Å²) in [7, 11) is 1.42. The van der Waals surface area contributed by atoms with Crippen LogP contribution in [0.4, 0.5) is 0 Å². The van der Waals surface area contributed by atoms with E-state index in [-0.39, 0.29) is 12.1 Å². The van der Waals surface area contributed by atoms with Gasteiger partial charge in [0.15, 0.2) is 11.4 Å². The Morgan fingerprint density at radius 3 is 3.13 bits per heavy atom. The van der Waals surface area contributed by atoms with Gasteiger partial charge in [0, 0.05) is 17.3 Å². The van der Waals surface area contributed by atoms with Crippen molar-refractivity contribution in [2.45, 2.75) is 41.8 Å². The number of ether oxygens (including phenoxy) is 2. The molecule has 0 aromatic rings. The number of esters is 1. The number of alkyl halides is 1. The number of carbonyl (C=O) groups is 1. The zero-order valence-corrected chi connectivity index (χ0v) is 11.0. The molecule has 1 aliphatic heterocycles. The second kappa shape index (κ2) is 3.92. The summed E-state index contributed by atoms with van der Waals surface area (Å²) in [5, 5.41) is 0. The van der Waals surface area contributed by atoms with Gasteiger partial charge in [-0.25, -0.2) is 9.79 Å². The molecule has 1 saturated carbocycles. The van der Waals surface area contributed by atoms with Crippen LogP contribution in [0.2, 0.25) is 0 Å². The van der Waals surface area contributed by atoms with Gasteiger partial charge in [0.25, 0.3) is 0 Å². The molecule has 0 unspecified atom stereocenters. The molecule has 3 atom stereocenters. The number of hydrogen-bond acceptors (Lipinski definition) is 4. The Bertz CT molecular complexity index is 318. The molecule has 0 aromatic heterocycles.